The number of carbonyl (C=O) groups is 1. The van der Waals surface area contributed by atoms with Crippen LogP contribution in [-0.2, 0) is 6.42 Å². The van der Waals surface area contributed by atoms with Gasteiger partial charge in [0.25, 0.3) is 0 Å². The van der Waals surface area contributed by atoms with Crippen molar-refractivity contribution in [3.05, 3.63) is 59.7 Å². The largest absolute Gasteiger partial charge is 0.490 e. The fraction of sp³-hybridized carbons (Fsp3) is 0.318. The minimum absolute atomic E-state index is 0.0506. The Morgan fingerprint density at radius 2 is 2.07 bits per heavy atom. The topological polar surface area (TPSA) is 74.5 Å². The molecule has 0 aliphatic rings. The van der Waals surface area contributed by atoms with Gasteiger partial charge in [0.15, 0.2) is 17.3 Å². The van der Waals surface area contributed by atoms with E-state index in [0.717, 1.165) is 5.56 Å². The number of hydrogen-bond acceptors (Lipinski definition) is 6. The fourth-order valence-corrected chi connectivity index (χ4v) is 2.85. The molecule has 0 spiro atoms. The number of pyridine rings is 1. The molecular weight excluding hydrogens is 394 g/mol. The van der Waals surface area contributed by atoms with E-state index in [1.54, 1.807) is 24.4 Å². The lowest BCUT2D eigenvalue weighted by molar-refractivity contribution is -0.0514. The average molecular weight is 416 g/mol. The third-order valence-electron chi connectivity index (χ3n) is 4.30. The third-order valence-corrected chi connectivity index (χ3v) is 4.30. The summed E-state index contributed by atoms with van der Waals surface area (Å²) in [5.41, 5.74) is 2.44. The van der Waals surface area contributed by atoms with E-state index in [1.165, 1.54) is 12.3 Å². The number of rotatable bonds is 10. The van der Waals surface area contributed by atoms with Crippen LogP contribution in [0.5, 0.6) is 11.5 Å². The number of Topliss-reactive ketones (excluding diaryl/α,β-unsaturated/α-hetero) is 1. The number of halogens is 2. The Kier molecular flexibility index (Phi) is 7.11. The summed E-state index contributed by atoms with van der Waals surface area (Å²) >= 11 is 0. The van der Waals surface area contributed by atoms with Crippen molar-refractivity contribution in [2.45, 2.75) is 39.7 Å². The molecule has 0 N–H and O–H groups in total. The second-order valence-corrected chi connectivity index (χ2v) is 6.62. The van der Waals surface area contributed by atoms with Crippen LogP contribution in [-0.4, -0.2) is 29.0 Å². The number of hydrogen-bond donors (Lipinski definition) is 0. The first kappa shape index (κ1) is 21.4. The summed E-state index contributed by atoms with van der Waals surface area (Å²) in [5.74, 6) is 0.373. The van der Waals surface area contributed by atoms with Gasteiger partial charge in [0, 0.05) is 24.6 Å². The molecule has 0 bridgehead atoms. The fourth-order valence-electron chi connectivity index (χ4n) is 2.85. The summed E-state index contributed by atoms with van der Waals surface area (Å²) < 4.78 is 40.7. The Labute approximate surface area is 172 Å². The lowest BCUT2D eigenvalue weighted by Gasteiger charge is -2.12. The molecule has 0 amide bonds. The number of benzene rings is 1. The van der Waals surface area contributed by atoms with E-state index in [4.69, 9.17) is 9.15 Å². The Morgan fingerprint density at radius 1 is 1.23 bits per heavy atom. The quantitative estimate of drug-likeness (QED) is 0.420. The van der Waals surface area contributed by atoms with E-state index in [9.17, 15) is 13.6 Å². The lowest BCUT2D eigenvalue weighted by atomic mass is 10.1. The number of aryl methyl sites for hydroxylation is 2. The van der Waals surface area contributed by atoms with Crippen LogP contribution in [0.4, 0.5) is 8.78 Å². The van der Waals surface area contributed by atoms with Crippen molar-refractivity contribution in [3.8, 4) is 23.0 Å². The van der Waals surface area contributed by atoms with Crippen molar-refractivity contribution in [2.75, 3.05) is 6.61 Å². The van der Waals surface area contributed by atoms with Gasteiger partial charge in [-0.15, -0.1) is 0 Å². The van der Waals surface area contributed by atoms with E-state index in [-0.39, 0.29) is 23.7 Å². The highest BCUT2D eigenvalue weighted by atomic mass is 19.3. The predicted octanol–water partition coefficient (Wildman–Crippen LogP) is 5.25. The highest BCUT2D eigenvalue weighted by Crippen LogP contribution is 2.33. The Balaban J connectivity index is 1.72. The monoisotopic (exact) mass is 416 g/mol. The molecule has 0 atom stereocenters. The molecule has 0 aliphatic heterocycles. The first-order valence-electron chi connectivity index (χ1n) is 9.59. The van der Waals surface area contributed by atoms with Crippen LogP contribution < -0.4 is 9.47 Å². The SMILES string of the molecule is CCCOc1cc(-c2nc(CCC(=O)c3ncccc3C)co2)ccc1OC(F)F. The van der Waals surface area contributed by atoms with Crippen molar-refractivity contribution in [1.82, 2.24) is 9.97 Å². The number of nitrogens with zero attached hydrogens (tertiary/aromatic N) is 2. The molecule has 6 nitrogen and oxygen atoms in total. The van der Waals surface area contributed by atoms with Gasteiger partial charge in [-0.3, -0.25) is 9.78 Å². The van der Waals surface area contributed by atoms with Gasteiger partial charge >= 0.3 is 6.61 Å². The zero-order chi connectivity index (χ0) is 21.5. The molecule has 2 aromatic heterocycles. The number of aromatic nitrogens is 2. The highest BCUT2D eigenvalue weighted by molar-refractivity contribution is 5.95. The first-order valence-corrected chi connectivity index (χ1v) is 9.59. The van der Waals surface area contributed by atoms with E-state index in [0.29, 0.717) is 42.3 Å². The molecule has 8 heteroatoms. The molecule has 2 heterocycles. The van der Waals surface area contributed by atoms with Crippen molar-refractivity contribution in [2.24, 2.45) is 0 Å². The average Bonchev–Trinajstić information content (AvgIpc) is 3.20. The van der Waals surface area contributed by atoms with Crippen LogP contribution in [0, 0.1) is 6.92 Å². The molecule has 0 saturated carbocycles. The smallest absolute Gasteiger partial charge is 0.387 e. The van der Waals surface area contributed by atoms with Crippen LogP contribution in [0.3, 0.4) is 0 Å². The minimum atomic E-state index is -2.95. The summed E-state index contributed by atoms with van der Waals surface area (Å²) in [6.45, 7) is 1.16. The molecule has 1 aromatic carbocycles. The van der Waals surface area contributed by atoms with Crippen LogP contribution in [0.2, 0.25) is 0 Å². The first-order chi connectivity index (χ1) is 14.5. The molecule has 0 radical (unpaired) electrons. The molecule has 3 rings (SSSR count). The van der Waals surface area contributed by atoms with Crippen molar-refractivity contribution in [1.29, 1.82) is 0 Å². The predicted molar refractivity (Wildman–Crippen MR) is 106 cm³/mol. The molecule has 3 aromatic rings. The van der Waals surface area contributed by atoms with Gasteiger partial charge in [0.2, 0.25) is 5.89 Å². The van der Waals surface area contributed by atoms with Gasteiger partial charge < -0.3 is 13.9 Å². The molecule has 30 heavy (non-hydrogen) atoms. The lowest BCUT2D eigenvalue weighted by Crippen LogP contribution is -2.06. The molecule has 0 fully saturated rings. The zero-order valence-corrected chi connectivity index (χ0v) is 16.7. The highest BCUT2D eigenvalue weighted by Gasteiger charge is 2.16. The van der Waals surface area contributed by atoms with Crippen LogP contribution in [0.15, 0.2) is 47.2 Å². The molecular formula is C22H22F2N2O4. The third kappa shape index (κ3) is 5.40. The maximum Gasteiger partial charge on any atom is 0.387 e. The zero-order valence-electron chi connectivity index (χ0n) is 16.7. The molecule has 0 unspecified atom stereocenters. The van der Waals surface area contributed by atoms with E-state index in [1.807, 2.05) is 19.9 Å². The molecule has 0 saturated heterocycles. The van der Waals surface area contributed by atoms with Gasteiger partial charge in [0.1, 0.15) is 12.0 Å². The number of oxazole rings is 1. The molecule has 0 aliphatic carbocycles. The number of carbonyl (C=O) groups excluding carboxylic acids is 1. The van der Waals surface area contributed by atoms with E-state index in [2.05, 4.69) is 14.7 Å². The van der Waals surface area contributed by atoms with Crippen molar-refractivity contribution >= 4 is 5.78 Å². The van der Waals surface area contributed by atoms with Crippen LogP contribution in [0.25, 0.3) is 11.5 Å². The number of ketones is 1. The van der Waals surface area contributed by atoms with Crippen molar-refractivity contribution in [3.63, 3.8) is 0 Å². The maximum absolute atomic E-state index is 12.6. The maximum atomic E-state index is 12.6. The second kappa shape index (κ2) is 9.96. The van der Waals surface area contributed by atoms with E-state index >= 15 is 0 Å². The summed E-state index contributed by atoms with van der Waals surface area (Å²) in [6.07, 6.45) is 4.42. The van der Waals surface area contributed by atoms with Gasteiger partial charge in [0.05, 0.1) is 12.3 Å². The van der Waals surface area contributed by atoms with Gasteiger partial charge in [-0.2, -0.15) is 8.78 Å². The Morgan fingerprint density at radius 3 is 2.80 bits per heavy atom. The van der Waals surface area contributed by atoms with Gasteiger partial charge in [-0.1, -0.05) is 13.0 Å². The normalized spacial score (nSPS) is 11.0. The van der Waals surface area contributed by atoms with Crippen LogP contribution in [0.1, 0.15) is 41.5 Å². The minimum Gasteiger partial charge on any atom is -0.490 e. The standard InChI is InChI=1S/C22H22F2N2O4/c1-3-11-28-19-12-15(6-9-18(19)30-22(23)24)21-26-16(13-29-21)7-8-17(27)20-14(2)5-4-10-25-20/h4-6,9-10,12-13,22H,3,7-8,11H2,1-2H3. The summed E-state index contributed by atoms with van der Waals surface area (Å²) in [6, 6.07) is 8.13. The van der Waals surface area contributed by atoms with Crippen LogP contribution >= 0.6 is 0 Å². The Bertz CT molecular complexity index is 1000. The summed E-state index contributed by atoms with van der Waals surface area (Å²) in [4.78, 5) is 20.9. The number of ether oxygens (including phenoxy) is 2. The molecule has 158 valence electrons. The van der Waals surface area contributed by atoms with Gasteiger partial charge in [-0.05, 0) is 43.2 Å². The second-order valence-electron chi connectivity index (χ2n) is 6.62. The summed E-state index contributed by atoms with van der Waals surface area (Å²) in [5, 5.41) is 0. The van der Waals surface area contributed by atoms with Gasteiger partial charge in [-0.25, -0.2) is 4.98 Å². The van der Waals surface area contributed by atoms with Crippen molar-refractivity contribution < 1.29 is 27.5 Å². The number of alkyl halides is 2. The summed E-state index contributed by atoms with van der Waals surface area (Å²) in [7, 11) is 0. The van der Waals surface area contributed by atoms with E-state index < -0.39 is 6.61 Å². The Hall–Kier alpha value is -3.29.